The third-order valence-electron chi connectivity index (χ3n) is 5.51. The van der Waals surface area contributed by atoms with Gasteiger partial charge in [-0.15, -0.1) is 0 Å². The zero-order chi connectivity index (χ0) is 20.4. The number of fused-ring (bicyclic) bond motifs is 4. The lowest BCUT2D eigenvalue weighted by Crippen LogP contribution is -2.44. The molecule has 5 nitrogen and oxygen atoms in total. The van der Waals surface area contributed by atoms with Crippen LogP contribution in [0.3, 0.4) is 0 Å². The molecule has 1 amide bonds. The number of ether oxygens (including phenoxy) is 1. The maximum absolute atomic E-state index is 14.1. The number of aromatic nitrogens is 2. The molecule has 7 heteroatoms. The fraction of sp³-hybridized carbons (Fsp3) is 0.524. The molecule has 2 unspecified atom stereocenters. The first-order valence-corrected chi connectivity index (χ1v) is 10.7. The van der Waals surface area contributed by atoms with E-state index in [9.17, 15) is 9.18 Å². The summed E-state index contributed by atoms with van der Waals surface area (Å²) in [4.78, 5) is 14.7. The molecule has 1 fully saturated rings. The number of rotatable bonds is 1. The number of carbonyl (C=O) groups is 1. The second kappa shape index (κ2) is 6.71. The largest absolute Gasteiger partial charge is 0.444 e. The highest BCUT2D eigenvalue weighted by Crippen LogP contribution is 2.46. The maximum atomic E-state index is 14.1. The number of halogens is 2. The lowest BCUT2D eigenvalue weighted by Gasteiger charge is -2.36. The molecule has 0 radical (unpaired) electrons. The van der Waals surface area contributed by atoms with Crippen molar-refractivity contribution in [2.45, 2.75) is 71.6 Å². The summed E-state index contributed by atoms with van der Waals surface area (Å²) < 4.78 is 22.6. The van der Waals surface area contributed by atoms with Gasteiger partial charge >= 0.3 is 6.09 Å². The predicted molar refractivity (Wildman–Crippen MR) is 113 cm³/mol. The van der Waals surface area contributed by atoms with Gasteiger partial charge in [0.25, 0.3) is 0 Å². The Hall–Kier alpha value is -1.64. The molecule has 4 rings (SSSR count). The molecular weight excluding hydrogens is 472 g/mol. The fourth-order valence-electron chi connectivity index (χ4n) is 4.40. The Balaban J connectivity index is 1.75. The van der Waals surface area contributed by atoms with Gasteiger partial charge in [-0.05, 0) is 93.3 Å². The summed E-state index contributed by atoms with van der Waals surface area (Å²) in [5, 5.41) is 4.76. The van der Waals surface area contributed by atoms with Gasteiger partial charge in [0, 0.05) is 18.0 Å². The SMILES string of the molecule is Cc1cc(-n2nc(I)c3c2CC2CCC3N2C(=O)OC(C)(C)C)cc(C)c1F. The van der Waals surface area contributed by atoms with Gasteiger partial charge in [-0.25, -0.2) is 13.9 Å². The molecule has 2 aliphatic rings. The van der Waals surface area contributed by atoms with E-state index in [4.69, 9.17) is 9.84 Å². The van der Waals surface area contributed by atoms with Crippen molar-refractivity contribution >= 4 is 28.7 Å². The number of amides is 1. The fourth-order valence-corrected chi connectivity index (χ4v) is 5.29. The Morgan fingerprint density at radius 1 is 1.25 bits per heavy atom. The van der Waals surface area contributed by atoms with Crippen molar-refractivity contribution in [3.63, 3.8) is 0 Å². The molecule has 150 valence electrons. The van der Waals surface area contributed by atoms with E-state index >= 15 is 0 Å². The Morgan fingerprint density at radius 2 is 1.89 bits per heavy atom. The zero-order valence-electron chi connectivity index (χ0n) is 16.8. The van der Waals surface area contributed by atoms with Crippen LogP contribution in [-0.4, -0.2) is 32.4 Å². The number of nitrogens with zero attached hydrogens (tertiary/aromatic N) is 3. The molecule has 0 aliphatic carbocycles. The predicted octanol–water partition coefficient (Wildman–Crippen LogP) is 5.23. The van der Waals surface area contributed by atoms with Gasteiger partial charge in [0.15, 0.2) is 0 Å². The summed E-state index contributed by atoms with van der Waals surface area (Å²) in [7, 11) is 0. The van der Waals surface area contributed by atoms with Crippen LogP contribution < -0.4 is 0 Å². The van der Waals surface area contributed by atoms with E-state index in [-0.39, 0.29) is 24.0 Å². The Kier molecular flexibility index (Phi) is 4.71. The van der Waals surface area contributed by atoms with Crippen LogP contribution in [0.15, 0.2) is 12.1 Å². The average molecular weight is 497 g/mol. The monoisotopic (exact) mass is 497 g/mol. The van der Waals surface area contributed by atoms with E-state index < -0.39 is 5.60 Å². The van der Waals surface area contributed by atoms with Crippen LogP contribution >= 0.6 is 22.6 Å². The molecule has 1 aromatic heterocycles. The van der Waals surface area contributed by atoms with E-state index in [1.54, 1.807) is 13.8 Å². The van der Waals surface area contributed by atoms with E-state index in [0.29, 0.717) is 11.1 Å². The van der Waals surface area contributed by atoms with Gasteiger partial charge in [-0.3, -0.25) is 4.90 Å². The van der Waals surface area contributed by atoms with E-state index in [1.165, 1.54) is 0 Å². The molecule has 3 heterocycles. The van der Waals surface area contributed by atoms with Crippen molar-refractivity contribution in [1.29, 1.82) is 0 Å². The number of benzene rings is 1. The molecular formula is C21H25FIN3O2. The molecule has 2 aromatic rings. The summed E-state index contributed by atoms with van der Waals surface area (Å²) in [5.74, 6) is -0.171. The van der Waals surface area contributed by atoms with E-state index in [2.05, 4.69) is 22.6 Å². The van der Waals surface area contributed by atoms with Gasteiger partial charge in [-0.1, -0.05) is 0 Å². The van der Waals surface area contributed by atoms with Crippen molar-refractivity contribution in [3.8, 4) is 5.69 Å². The standard InChI is InChI=1S/C21H25FIN3O2/c1-11-8-14(9-12(2)18(11)22)26-16-10-13-6-7-15(17(16)19(23)24-26)25(13)20(27)28-21(3,4)5/h8-9,13,15H,6-7,10H2,1-5H3. The van der Waals surface area contributed by atoms with E-state index in [0.717, 1.165) is 39.9 Å². The van der Waals surface area contributed by atoms with E-state index in [1.807, 2.05) is 42.5 Å². The lowest BCUT2D eigenvalue weighted by molar-refractivity contribution is 0.0122. The van der Waals surface area contributed by atoms with Crippen LogP contribution in [0.25, 0.3) is 5.69 Å². The number of aryl methyl sites for hydroxylation is 2. The topological polar surface area (TPSA) is 47.4 Å². The quantitative estimate of drug-likeness (QED) is 0.507. The molecule has 28 heavy (non-hydrogen) atoms. The zero-order valence-corrected chi connectivity index (χ0v) is 19.0. The second-order valence-electron chi connectivity index (χ2n) is 8.80. The maximum Gasteiger partial charge on any atom is 0.411 e. The summed E-state index contributed by atoms with van der Waals surface area (Å²) in [6.45, 7) is 9.23. The summed E-state index contributed by atoms with van der Waals surface area (Å²) >= 11 is 2.25. The molecule has 1 aromatic carbocycles. The number of hydrogen-bond acceptors (Lipinski definition) is 3. The van der Waals surface area contributed by atoms with Gasteiger partial charge < -0.3 is 4.74 Å². The number of carbonyl (C=O) groups excluding carboxylic acids is 1. The lowest BCUT2D eigenvalue weighted by atomic mass is 10.00. The minimum Gasteiger partial charge on any atom is -0.444 e. The first-order chi connectivity index (χ1) is 13.1. The first-order valence-electron chi connectivity index (χ1n) is 9.62. The van der Waals surface area contributed by atoms with Crippen molar-refractivity contribution in [1.82, 2.24) is 14.7 Å². The van der Waals surface area contributed by atoms with Gasteiger partial charge in [0.05, 0.1) is 17.4 Å². The van der Waals surface area contributed by atoms with Crippen LogP contribution in [-0.2, 0) is 11.2 Å². The Morgan fingerprint density at radius 3 is 2.50 bits per heavy atom. The minimum absolute atomic E-state index is 0.00751. The van der Waals surface area contributed by atoms with Gasteiger partial charge in [0.2, 0.25) is 0 Å². The van der Waals surface area contributed by atoms with Crippen molar-refractivity contribution < 1.29 is 13.9 Å². The van der Waals surface area contributed by atoms with Gasteiger partial charge in [-0.2, -0.15) is 5.10 Å². The van der Waals surface area contributed by atoms with Gasteiger partial charge in [0.1, 0.15) is 15.1 Å². The Labute approximate surface area is 178 Å². The van der Waals surface area contributed by atoms with Crippen LogP contribution in [0, 0.1) is 23.4 Å². The first kappa shape index (κ1) is 19.7. The summed E-state index contributed by atoms with van der Waals surface area (Å²) in [5.41, 5.74) is 3.83. The highest BCUT2D eigenvalue weighted by Gasteiger charge is 2.47. The van der Waals surface area contributed by atoms with Crippen LogP contribution in [0.1, 0.15) is 62.0 Å². The van der Waals surface area contributed by atoms with Crippen molar-refractivity contribution in [3.05, 3.63) is 44.0 Å². The molecule has 2 atom stereocenters. The average Bonchev–Trinajstić information content (AvgIpc) is 3.07. The molecule has 0 N–H and O–H groups in total. The van der Waals surface area contributed by atoms with Crippen molar-refractivity contribution in [2.24, 2.45) is 0 Å². The highest BCUT2D eigenvalue weighted by atomic mass is 127. The molecule has 2 aliphatic heterocycles. The third kappa shape index (κ3) is 3.21. The third-order valence-corrected chi connectivity index (χ3v) is 6.31. The molecule has 2 bridgehead atoms. The van der Waals surface area contributed by atoms with Crippen LogP contribution in [0.4, 0.5) is 9.18 Å². The minimum atomic E-state index is -0.517. The van der Waals surface area contributed by atoms with Crippen LogP contribution in [0.5, 0.6) is 0 Å². The summed E-state index contributed by atoms with van der Waals surface area (Å²) in [6, 6.07) is 3.79. The molecule has 0 spiro atoms. The second-order valence-corrected chi connectivity index (χ2v) is 9.82. The highest BCUT2D eigenvalue weighted by molar-refractivity contribution is 14.1. The van der Waals surface area contributed by atoms with Crippen LogP contribution in [0.2, 0.25) is 0 Å². The van der Waals surface area contributed by atoms with Crippen molar-refractivity contribution in [2.75, 3.05) is 0 Å². The normalized spacial score (nSPS) is 21.0. The smallest absolute Gasteiger partial charge is 0.411 e. The Bertz CT molecular complexity index is 940. The molecule has 1 saturated heterocycles. The number of hydrogen-bond donors (Lipinski definition) is 0. The molecule has 0 saturated carbocycles. The summed E-state index contributed by atoms with van der Waals surface area (Å²) in [6.07, 6.45) is 2.36.